The summed E-state index contributed by atoms with van der Waals surface area (Å²) < 4.78 is 0. The standard InChI is InChI=1S/C10H14O/c1-2-3-4-5-6-7-8-9-10-11/h11H,2-6H2,1H3. The molecular formula is C10H14O. The van der Waals surface area contributed by atoms with Gasteiger partial charge in [0.05, 0.1) is 0 Å². The van der Waals surface area contributed by atoms with Crippen molar-refractivity contribution in [1.82, 2.24) is 0 Å². The fraction of sp³-hybridized carbons (Fsp3) is 0.600. The van der Waals surface area contributed by atoms with Crippen LogP contribution in [-0.2, 0) is 0 Å². The summed E-state index contributed by atoms with van der Waals surface area (Å²) in [5.41, 5.74) is 0. The molecule has 0 atom stereocenters. The van der Waals surface area contributed by atoms with Crippen LogP contribution in [0.4, 0.5) is 0 Å². The maximum absolute atomic E-state index is 8.04. The Balaban J connectivity index is 3.13. The van der Waals surface area contributed by atoms with Crippen LogP contribution in [0.25, 0.3) is 0 Å². The van der Waals surface area contributed by atoms with Gasteiger partial charge in [-0.1, -0.05) is 32.1 Å². The first-order chi connectivity index (χ1) is 5.41. The summed E-state index contributed by atoms with van der Waals surface area (Å²) in [4.78, 5) is 0. The number of hydrogen-bond acceptors (Lipinski definition) is 1. The van der Waals surface area contributed by atoms with Crippen LogP contribution in [0.15, 0.2) is 0 Å². The largest absolute Gasteiger partial charge is 0.461 e. The summed E-state index contributed by atoms with van der Waals surface area (Å²) in [5.74, 6) is 7.70. The van der Waals surface area contributed by atoms with Crippen LogP contribution in [0.1, 0.15) is 39.0 Å². The number of rotatable bonds is 4. The molecule has 1 N–H and O–H groups in total. The molecule has 0 unspecified atom stereocenters. The molecule has 0 fully saturated rings. The van der Waals surface area contributed by atoms with E-state index in [2.05, 4.69) is 24.7 Å². The lowest BCUT2D eigenvalue weighted by Crippen LogP contribution is -1.73. The van der Waals surface area contributed by atoms with Crippen LogP contribution in [0, 0.1) is 23.9 Å². The molecule has 1 nitrogen and oxygen atoms in total. The van der Waals surface area contributed by atoms with Gasteiger partial charge in [-0.2, -0.15) is 0 Å². The minimum Gasteiger partial charge on any atom is -0.461 e. The zero-order chi connectivity index (χ0) is 8.36. The Kier molecular flexibility index (Phi) is 8.04. The van der Waals surface area contributed by atoms with Gasteiger partial charge in [-0.15, -0.1) is 0 Å². The van der Waals surface area contributed by atoms with Gasteiger partial charge in [0.15, 0.2) is 0 Å². The lowest BCUT2D eigenvalue weighted by molar-refractivity contribution is 0.517. The van der Waals surface area contributed by atoms with Gasteiger partial charge in [-0.05, 0) is 12.3 Å². The molecule has 0 aliphatic heterocycles. The summed E-state index contributed by atoms with van der Waals surface area (Å²) >= 11 is 0. The molecule has 11 heavy (non-hydrogen) atoms. The molecule has 60 valence electrons. The van der Waals surface area contributed by atoms with E-state index in [1.165, 1.54) is 19.3 Å². The highest BCUT2D eigenvalue weighted by Gasteiger charge is 1.82. The lowest BCUT2D eigenvalue weighted by atomic mass is 10.2. The van der Waals surface area contributed by atoms with Crippen molar-refractivity contribution in [3.05, 3.63) is 0 Å². The second kappa shape index (κ2) is 8.92. The molecule has 0 saturated carbocycles. The molecule has 0 heterocycles. The van der Waals surface area contributed by atoms with Gasteiger partial charge < -0.3 is 5.11 Å². The van der Waals surface area contributed by atoms with E-state index in [-0.39, 0.29) is 0 Å². The van der Waals surface area contributed by atoms with Gasteiger partial charge >= 0.3 is 0 Å². The summed E-state index contributed by atoms with van der Waals surface area (Å²) in [6.07, 6.45) is 7.58. The second-order valence-electron chi connectivity index (χ2n) is 2.35. The van der Waals surface area contributed by atoms with E-state index in [4.69, 9.17) is 5.11 Å². The molecule has 0 rings (SSSR count). The van der Waals surface area contributed by atoms with E-state index in [0.29, 0.717) is 0 Å². The third kappa shape index (κ3) is 8.92. The maximum Gasteiger partial charge on any atom is 0.122 e. The number of aliphatic hydroxyl groups excluding tert-OH is 1. The van der Waals surface area contributed by atoms with Gasteiger partial charge in [0, 0.05) is 12.3 Å². The first-order valence-electron chi connectivity index (χ1n) is 4.03. The molecule has 0 aromatic heterocycles. The van der Waals surface area contributed by atoms with Gasteiger partial charge in [-0.25, -0.2) is 0 Å². The first-order valence-corrected chi connectivity index (χ1v) is 4.03. The Labute approximate surface area is 68.8 Å². The molecule has 1 heteroatoms. The van der Waals surface area contributed by atoms with Crippen molar-refractivity contribution < 1.29 is 5.11 Å². The summed E-state index contributed by atoms with van der Waals surface area (Å²) in [7, 11) is 0. The molecule has 0 aliphatic rings. The molecule has 0 radical (unpaired) electrons. The Morgan fingerprint density at radius 3 is 2.55 bits per heavy atom. The average molecular weight is 150 g/mol. The monoisotopic (exact) mass is 150 g/mol. The van der Waals surface area contributed by atoms with E-state index in [0.717, 1.165) is 12.8 Å². The quantitative estimate of drug-likeness (QED) is 0.481. The maximum atomic E-state index is 8.04. The average Bonchev–Trinajstić information content (AvgIpc) is 2.03. The highest BCUT2D eigenvalue weighted by atomic mass is 16.2. The Hall–Kier alpha value is -1.08. The van der Waals surface area contributed by atoms with Gasteiger partial charge in [0.1, 0.15) is 6.11 Å². The van der Waals surface area contributed by atoms with Crippen molar-refractivity contribution in [1.29, 1.82) is 0 Å². The predicted octanol–water partition coefficient (Wildman–Crippen LogP) is 2.29. The third-order valence-corrected chi connectivity index (χ3v) is 1.36. The van der Waals surface area contributed by atoms with Crippen molar-refractivity contribution in [2.24, 2.45) is 0 Å². The van der Waals surface area contributed by atoms with Crippen LogP contribution in [0.5, 0.6) is 0 Å². The van der Waals surface area contributed by atoms with Crippen molar-refractivity contribution in [2.75, 3.05) is 0 Å². The molecule has 0 saturated heterocycles. The van der Waals surface area contributed by atoms with Crippen LogP contribution in [-0.4, -0.2) is 5.11 Å². The predicted molar refractivity (Wildman–Crippen MR) is 46.2 cm³/mol. The summed E-state index contributed by atoms with van der Waals surface area (Å²) in [6, 6.07) is 0. The van der Waals surface area contributed by atoms with E-state index in [1.807, 2.05) is 0 Å². The minimum absolute atomic E-state index is 0.898. The van der Waals surface area contributed by atoms with Crippen molar-refractivity contribution in [3.8, 4) is 23.9 Å². The highest BCUT2D eigenvalue weighted by Crippen LogP contribution is 2.00. The summed E-state index contributed by atoms with van der Waals surface area (Å²) in [5, 5.41) is 8.04. The summed E-state index contributed by atoms with van der Waals surface area (Å²) in [6.45, 7) is 2.18. The highest BCUT2D eigenvalue weighted by molar-refractivity contribution is 5.23. The van der Waals surface area contributed by atoms with E-state index < -0.39 is 0 Å². The Morgan fingerprint density at radius 1 is 1.09 bits per heavy atom. The second-order valence-corrected chi connectivity index (χ2v) is 2.35. The third-order valence-electron chi connectivity index (χ3n) is 1.36. The topological polar surface area (TPSA) is 20.2 Å². The van der Waals surface area contributed by atoms with Crippen molar-refractivity contribution in [3.63, 3.8) is 0 Å². The van der Waals surface area contributed by atoms with E-state index in [9.17, 15) is 0 Å². The lowest BCUT2D eigenvalue weighted by Gasteiger charge is -1.90. The van der Waals surface area contributed by atoms with Crippen LogP contribution in [0.3, 0.4) is 0 Å². The van der Waals surface area contributed by atoms with E-state index in [1.54, 1.807) is 6.11 Å². The molecule has 0 aliphatic carbocycles. The van der Waals surface area contributed by atoms with Crippen LogP contribution in [0.2, 0.25) is 0 Å². The zero-order valence-electron chi connectivity index (χ0n) is 6.98. The molecule has 0 bridgehead atoms. The number of aliphatic hydroxyl groups is 1. The molecule has 0 amide bonds. The Bertz CT molecular complexity index is 184. The number of hydrogen-bond donors (Lipinski definition) is 1. The smallest absolute Gasteiger partial charge is 0.122 e. The van der Waals surface area contributed by atoms with Crippen molar-refractivity contribution in [2.45, 2.75) is 39.0 Å². The fourth-order valence-corrected chi connectivity index (χ4v) is 0.775. The molecule has 0 aromatic rings. The van der Waals surface area contributed by atoms with Crippen LogP contribution >= 0.6 is 0 Å². The van der Waals surface area contributed by atoms with Gasteiger partial charge in [0.2, 0.25) is 0 Å². The minimum atomic E-state index is 0.898. The fourth-order valence-electron chi connectivity index (χ4n) is 0.775. The SMILES string of the molecule is CCCCCCC#CC#CO. The molecule has 0 aromatic carbocycles. The van der Waals surface area contributed by atoms with Gasteiger partial charge in [-0.3, -0.25) is 0 Å². The van der Waals surface area contributed by atoms with Crippen molar-refractivity contribution >= 4 is 0 Å². The van der Waals surface area contributed by atoms with E-state index >= 15 is 0 Å². The Morgan fingerprint density at radius 2 is 1.91 bits per heavy atom. The first kappa shape index (κ1) is 9.92. The molecule has 0 spiro atoms. The molecular weight excluding hydrogens is 136 g/mol. The van der Waals surface area contributed by atoms with Crippen LogP contribution < -0.4 is 0 Å². The van der Waals surface area contributed by atoms with Gasteiger partial charge in [0.25, 0.3) is 0 Å². The zero-order valence-corrected chi connectivity index (χ0v) is 6.98. The number of unbranched alkanes of at least 4 members (excludes halogenated alkanes) is 4. The normalized spacial score (nSPS) is 7.36.